The molecule has 2 rings (SSSR count). The number of nitrogens with one attached hydrogen (secondary N) is 2. The summed E-state index contributed by atoms with van der Waals surface area (Å²) in [5.41, 5.74) is 0.736. The lowest BCUT2D eigenvalue weighted by Crippen LogP contribution is -2.28. The molecule has 1 heterocycles. The van der Waals surface area contributed by atoms with Crippen LogP contribution in [0.4, 0.5) is 0 Å². The number of hydrogen-bond acceptors (Lipinski definition) is 4. The van der Waals surface area contributed by atoms with Crippen LogP contribution in [-0.2, 0) is 11.3 Å². The van der Waals surface area contributed by atoms with Gasteiger partial charge in [-0.25, -0.2) is 9.89 Å². The lowest BCUT2D eigenvalue weighted by atomic mass is 10.1. The van der Waals surface area contributed by atoms with Crippen LogP contribution in [0.15, 0.2) is 34.2 Å². The first-order chi connectivity index (χ1) is 11.0. The highest BCUT2D eigenvalue weighted by Crippen LogP contribution is 2.17. The molecule has 0 spiro atoms. The first kappa shape index (κ1) is 17.6. The fourth-order valence-corrected chi connectivity index (χ4v) is 2.99. The fourth-order valence-electron chi connectivity index (χ4n) is 2.08. The maximum absolute atomic E-state index is 12.1. The van der Waals surface area contributed by atoms with E-state index in [1.165, 1.54) is 11.8 Å². The monoisotopic (exact) mass is 354 g/mol. The van der Waals surface area contributed by atoms with Gasteiger partial charge in [-0.1, -0.05) is 42.4 Å². The number of H-pyrrole nitrogens is 1. The lowest BCUT2D eigenvalue weighted by Gasteiger charge is -2.14. The molecule has 1 amide bonds. The lowest BCUT2D eigenvalue weighted by molar-refractivity contribution is -0.119. The zero-order valence-electron chi connectivity index (χ0n) is 13.0. The third-order valence-corrected chi connectivity index (χ3v) is 4.48. The van der Waals surface area contributed by atoms with Gasteiger partial charge in [0, 0.05) is 11.6 Å². The van der Waals surface area contributed by atoms with Crippen molar-refractivity contribution in [2.45, 2.75) is 38.0 Å². The van der Waals surface area contributed by atoms with E-state index in [0.29, 0.717) is 16.7 Å². The van der Waals surface area contributed by atoms with Gasteiger partial charge in [0.05, 0.1) is 11.8 Å². The molecule has 124 valence electrons. The molecule has 1 atom stereocenters. The highest BCUT2D eigenvalue weighted by Gasteiger charge is 2.13. The van der Waals surface area contributed by atoms with Gasteiger partial charge in [-0.2, -0.15) is 0 Å². The van der Waals surface area contributed by atoms with Gasteiger partial charge in [-0.05, 0) is 31.0 Å². The van der Waals surface area contributed by atoms with E-state index in [9.17, 15) is 9.59 Å². The number of aromatic amines is 1. The summed E-state index contributed by atoms with van der Waals surface area (Å²) in [6, 6.07) is 7.24. The maximum Gasteiger partial charge on any atom is 0.343 e. The first-order valence-corrected chi connectivity index (χ1v) is 8.70. The second kappa shape index (κ2) is 8.21. The predicted octanol–water partition coefficient (Wildman–Crippen LogP) is 2.60. The Morgan fingerprint density at radius 3 is 2.78 bits per heavy atom. The van der Waals surface area contributed by atoms with E-state index in [0.717, 1.165) is 12.0 Å². The standard InChI is InChI=1S/C15H19ClN4O2S/c1-3-8-20-14(22)18-19-15(20)23-9-13(21)17-10(2)11-4-6-12(16)7-5-11/h4-7,10H,3,8-9H2,1-2H3,(H,17,21)(H,18,22). The molecule has 8 heteroatoms. The van der Waals surface area contributed by atoms with Gasteiger partial charge in [0.2, 0.25) is 5.91 Å². The number of carbonyl (C=O) groups is 1. The van der Waals surface area contributed by atoms with E-state index < -0.39 is 0 Å². The van der Waals surface area contributed by atoms with E-state index in [1.54, 1.807) is 16.7 Å². The largest absolute Gasteiger partial charge is 0.349 e. The SMILES string of the molecule is CCCn1c(SCC(=O)NC(C)c2ccc(Cl)cc2)n[nH]c1=O. The highest BCUT2D eigenvalue weighted by molar-refractivity contribution is 7.99. The van der Waals surface area contributed by atoms with Crippen molar-refractivity contribution in [1.29, 1.82) is 0 Å². The van der Waals surface area contributed by atoms with Crippen molar-refractivity contribution in [1.82, 2.24) is 20.1 Å². The normalized spacial score (nSPS) is 12.1. The third-order valence-electron chi connectivity index (χ3n) is 3.25. The van der Waals surface area contributed by atoms with Crippen molar-refractivity contribution >= 4 is 29.3 Å². The Kier molecular flexibility index (Phi) is 6.29. The molecule has 0 saturated heterocycles. The van der Waals surface area contributed by atoms with Gasteiger partial charge in [-0.3, -0.25) is 9.36 Å². The molecular weight excluding hydrogens is 336 g/mol. The van der Waals surface area contributed by atoms with Crippen LogP contribution < -0.4 is 11.0 Å². The summed E-state index contributed by atoms with van der Waals surface area (Å²) in [5.74, 6) is 0.0855. The number of benzene rings is 1. The summed E-state index contributed by atoms with van der Waals surface area (Å²) >= 11 is 7.10. The molecule has 0 radical (unpaired) electrons. The first-order valence-electron chi connectivity index (χ1n) is 7.34. The van der Waals surface area contributed by atoms with Crippen LogP contribution in [0.25, 0.3) is 0 Å². The van der Waals surface area contributed by atoms with Crippen molar-refractivity contribution in [2.24, 2.45) is 0 Å². The summed E-state index contributed by atoms with van der Waals surface area (Å²) in [4.78, 5) is 23.6. The molecule has 0 bridgehead atoms. The predicted molar refractivity (Wildman–Crippen MR) is 91.9 cm³/mol. The Morgan fingerprint density at radius 1 is 1.43 bits per heavy atom. The molecule has 1 aromatic carbocycles. The van der Waals surface area contributed by atoms with Crippen molar-refractivity contribution in [3.05, 3.63) is 45.3 Å². The zero-order valence-corrected chi connectivity index (χ0v) is 14.6. The molecule has 0 saturated carbocycles. The molecule has 2 N–H and O–H groups in total. The zero-order chi connectivity index (χ0) is 16.8. The molecule has 0 aliphatic heterocycles. The van der Waals surface area contributed by atoms with Gasteiger partial charge in [0.1, 0.15) is 0 Å². The molecule has 0 fully saturated rings. The second-order valence-electron chi connectivity index (χ2n) is 5.09. The topological polar surface area (TPSA) is 79.8 Å². The summed E-state index contributed by atoms with van der Waals surface area (Å²) in [7, 11) is 0. The molecule has 0 aliphatic carbocycles. The smallest absolute Gasteiger partial charge is 0.343 e. The van der Waals surface area contributed by atoms with Gasteiger partial charge in [0.15, 0.2) is 5.16 Å². The molecule has 6 nitrogen and oxygen atoms in total. The Morgan fingerprint density at radius 2 is 2.13 bits per heavy atom. The van der Waals surface area contributed by atoms with Gasteiger partial charge < -0.3 is 5.32 Å². The second-order valence-corrected chi connectivity index (χ2v) is 6.47. The fraction of sp³-hybridized carbons (Fsp3) is 0.400. The Labute approximate surface area is 143 Å². The van der Waals surface area contributed by atoms with Crippen LogP contribution in [-0.4, -0.2) is 26.4 Å². The number of rotatable bonds is 7. The molecule has 23 heavy (non-hydrogen) atoms. The van der Waals surface area contributed by atoms with Crippen LogP contribution >= 0.6 is 23.4 Å². The van der Waals surface area contributed by atoms with Crippen molar-refractivity contribution in [3.8, 4) is 0 Å². The van der Waals surface area contributed by atoms with Crippen LogP contribution in [0.5, 0.6) is 0 Å². The summed E-state index contributed by atoms with van der Waals surface area (Å²) in [6.07, 6.45) is 0.826. The van der Waals surface area contributed by atoms with E-state index >= 15 is 0 Å². The Hall–Kier alpha value is -1.73. The third kappa shape index (κ3) is 4.87. The quantitative estimate of drug-likeness (QED) is 0.749. The van der Waals surface area contributed by atoms with Gasteiger partial charge >= 0.3 is 5.69 Å². The van der Waals surface area contributed by atoms with Crippen molar-refractivity contribution in [2.75, 3.05) is 5.75 Å². The molecule has 0 aliphatic rings. The molecule has 1 aromatic heterocycles. The summed E-state index contributed by atoms with van der Waals surface area (Å²) < 4.78 is 1.54. The molecule has 2 aromatic rings. The van der Waals surface area contributed by atoms with Crippen molar-refractivity contribution < 1.29 is 4.79 Å². The van der Waals surface area contributed by atoms with E-state index in [4.69, 9.17) is 11.6 Å². The number of hydrogen-bond donors (Lipinski definition) is 2. The summed E-state index contributed by atoms with van der Waals surface area (Å²) in [5, 5.41) is 10.5. The number of thioether (sulfide) groups is 1. The number of aromatic nitrogens is 3. The van der Waals surface area contributed by atoms with Gasteiger partial charge in [-0.15, -0.1) is 5.10 Å². The number of carbonyl (C=O) groups excluding carboxylic acids is 1. The minimum absolute atomic E-state index is 0.114. The Bertz CT molecular complexity index is 711. The Balaban J connectivity index is 1.90. The van der Waals surface area contributed by atoms with Crippen LogP contribution in [0.2, 0.25) is 5.02 Å². The number of amides is 1. The maximum atomic E-state index is 12.1. The average molecular weight is 355 g/mol. The highest BCUT2D eigenvalue weighted by atomic mass is 35.5. The molecular formula is C15H19ClN4O2S. The van der Waals surface area contributed by atoms with Crippen molar-refractivity contribution in [3.63, 3.8) is 0 Å². The van der Waals surface area contributed by atoms with E-state index in [2.05, 4.69) is 15.5 Å². The number of nitrogens with zero attached hydrogens (tertiary/aromatic N) is 2. The average Bonchev–Trinajstić information content (AvgIpc) is 2.87. The molecule has 1 unspecified atom stereocenters. The van der Waals surface area contributed by atoms with Crippen LogP contribution in [0, 0.1) is 0 Å². The minimum Gasteiger partial charge on any atom is -0.349 e. The van der Waals surface area contributed by atoms with E-state index in [-0.39, 0.29) is 23.4 Å². The van der Waals surface area contributed by atoms with E-state index in [1.807, 2.05) is 26.0 Å². The summed E-state index contributed by atoms with van der Waals surface area (Å²) in [6.45, 7) is 4.47. The van der Waals surface area contributed by atoms with Crippen LogP contribution in [0.3, 0.4) is 0 Å². The van der Waals surface area contributed by atoms with Gasteiger partial charge in [0.25, 0.3) is 0 Å². The number of halogens is 1. The minimum atomic E-state index is -0.246. The van der Waals surface area contributed by atoms with Crippen LogP contribution in [0.1, 0.15) is 31.9 Å².